The summed E-state index contributed by atoms with van der Waals surface area (Å²) in [5.41, 5.74) is 0.272. The average molecular weight is 314 g/mol. The van der Waals surface area contributed by atoms with E-state index in [2.05, 4.69) is 9.72 Å². The fourth-order valence-corrected chi connectivity index (χ4v) is 2.39. The maximum absolute atomic E-state index is 13.5. The summed E-state index contributed by atoms with van der Waals surface area (Å²) < 4.78 is 19.6. The highest BCUT2D eigenvalue weighted by Gasteiger charge is 2.23. The Hall–Kier alpha value is -3.22. The molecule has 0 atom stereocenters. The number of ether oxygens (including phenoxy) is 1. The third-order valence-corrected chi connectivity index (χ3v) is 3.35. The van der Waals surface area contributed by atoms with E-state index in [1.807, 2.05) is 0 Å². The first kappa shape index (κ1) is 14.7. The summed E-state index contributed by atoms with van der Waals surface area (Å²) in [6, 6.07) is 8.63. The maximum atomic E-state index is 13.5. The zero-order valence-corrected chi connectivity index (χ0v) is 12.0. The fourth-order valence-electron chi connectivity index (χ4n) is 2.39. The van der Waals surface area contributed by atoms with Gasteiger partial charge in [-0.15, -0.1) is 0 Å². The molecule has 116 valence electrons. The van der Waals surface area contributed by atoms with E-state index in [-0.39, 0.29) is 22.6 Å². The number of hydrogen-bond donors (Lipinski definition) is 1. The Kier molecular flexibility index (Phi) is 3.53. The molecule has 0 saturated carbocycles. The molecule has 2 aromatic heterocycles. The zero-order chi connectivity index (χ0) is 16.6. The highest BCUT2D eigenvalue weighted by Crippen LogP contribution is 2.26. The third-order valence-electron chi connectivity index (χ3n) is 3.35. The van der Waals surface area contributed by atoms with E-state index in [0.29, 0.717) is 5.56 Å². The van der Waals surface area contributed by atoms with Crippen LogP contribution in [0.4, 0.5) is 4.39 Å². The summed E-state index contributed by atoms with van der Waals surface area (Å²) in [6.45, 7) is 0. The van der Waals surface area contributed by atoms with Gasteiger partial charge in [0.15, 0.2) is 5.69 Å². The van der Waals surface area contributed by atoms with E-state index < -0.39 is 17.8 Å². The van der Waals surface area contributed by atoms with Crippen molar-refractivity contribution in [1.82, 2.24) is 9.38 Å². The lowest BCUT2D eigenvalue weighted by molar-refractivity contribution is 0.0602. The average Bonchev–Trinajstić information content (AvgIpc) is 2.94. The Bertz CT molecular complexity index is 933. The summed E-state index contributed by atoms with van der Waals surface area (Å²) in [7, 11) is 1.20. The van der Waals surface area contributed by atoms with Crippen LogP contribution in [0.2, 0.25) is 0 Å². The highest BCUT2D eigenvalue weighted by molar-refractivity contribution is 6.05. The molecule has 23 heavy (non-hydrogen) atoms. The first-order valence-electron chi connectivity index (χ1n) is 6.61. The van der Waals surface area contributed by atoms with Gasteiger partial charge in [-0.3, -0.25) is 4.40 Å². The van der Waals surface area contributed by atoms with E-state index in [0.717, 1.165) is 0 Å². The van der Waals surface area contributed by atoms with Crippen LogP contribution < -0.4 is 0 Å². The van der Waals surface area contributed by atoms with Crippen LogP contribution in [0.5, 0.6) is 0 Å². The molecular weight excluding hydrogens is 303 g/mol. The summed E-state index contributed by atoms with van der Waals surface area (Å²) in [5, 5.41) is 9.37. The molecule has 3 rings (SSSR count). The predicted molar refractivity (Wildman–Crippen MR) is 78.9 cm³/mol. The highest BCUT2D eigenvalue weighted by atomic mass is 19.1. The molecule has 3 aromatic rings. The van der Waals surface area contributed by atoms with Crippen molar-refractivity contribution in [3.05, 3.63) is 59.7 Å². The molecule has 0 amide bonds. The number of rotatable bonds is 3. The van der Waals surface area contributed by atoms with E-state index in [9.17, 15) is 19.1 Å². The number of carboxylic acids is 1. The number of imidazole rings is 1. The number of benzene rings is 1. The number of aromatic nitrogens is 2. The van der Waals surface area contributed by atoms with Crippen molar-refractivity contribution < 1.29 is 23.8 Å². The van der Waals surface area contributed by atoms with Crippen LogP contribution in [0, 0.1) is 5.82 Å². The lowest BCUT2D eigenvalue weighted by Gasteiger charge is -2.05. The first-order valence-corrected chi connectivity index (χ1v) is 6.61. The van der Waals surface area contributed by atoms with Crippen LogP contribution in [0.1, 0.15) is 20.8 Å². The number of carbonyl (C=O) groups is 2. The van der Waals surface area contributed by atoms with Crippen molar-refractivity contribution in [1.29, 1.82) is 0 Å². The van der Waals surface area contributed by atoms with Gasteiger partial charge in [-0.25, -0.2) is 19.0 Å². The molecule has 0 bridgehead atoms. The minimum Gasteiger partial charge on any atom is -0.476 e. The summed E-state index contributed by atoms with van der Waals surface area (Å²) in [5.74, 6) is -2.21. The van der Waals surface area contributed by atoms with Crippen LogP contribution in [-0.2, 0) is 4.74 Å². The standard InChI is InChI=1S/C16H11FN2O4/c1-23-16(22)11-6-3-7-19-13(11)12(15(20)21)18-14(19)9-4-2-5-10(17)8-9/h2-8H,1H3,(H,20,21). The van der Waals surface area contributed by atoms with Crippen molar-refractivity contribution in [2.45, 2.75) is 0 Å². The van der Waals surface area contributed by atoms with Gasteiger partial charge in [0, 0.05) is 11.8 Å². The van der Waals surface area contributed by atoms with Gasteiger partial charge in [-0.2, -0.15) is 0 Å². The topological polar surface area (TPSA) is 80.9 Å². The Morgan fingerprint density at radius 2 is 2.04 bits per heavy atom. The third kappa shape index (κ3) is 2.42. The van der Waals surface area contributed by atoms with E-state index in [4.69, 9.17) is 0 Å². The van der Waals surface area contributed by atoms with Gasteiger partial charge >= 0.3 is 11.9 Å². The molecule has 0 unspecified atom stereocenters. The number of methoxy groups -OCH3 is 1. The Morgan fingerprint density at radius 3 is 2.70 bits per heavy atom. The number of carboxylic acid groups (broad SMARTS) is 1. The number of nitrogens with zero attached hydrogens (tertiary/aromatic N) is 2. The van der Waals surface area contributed by atoms with E-state index in [1.54, 1.807) is 18.3 Å². The SMILES string of the molecule is COC(=O)c1cccn2c(-c3cccc(F)c3)nc(C(=O)O)c12. The molecule has 0 aliphatic rings. The van der Waals surface area contributed by atoms with Crippen molar-refractivity contribution in [3.63, 3.8) is 0 Å². The molecule has 1 N–H and O–H groups in total. The molecular formula is C16H11FN2O4. The van der Waals surface area contributed by atoms with Crippen LogP contribution in [0.25, 0.3) is 16.9 Å². The summed E-state index contributed by atoms with van der Waals surface area (Å²) in [4.78, 5) is 27.4. The first-order chi connectivity index (χ1) is 11.0. The van der Waals surface area contributed by atoms with Gasteiger partial charge in [0.1, 0.15) is 11.6 Å². The molecule has 0 aliphatic heterocycles. The molecule has 6 nitrogen and oxygen atoms in total. The molecule has 0 fully saturated rings. The van der Waals surface area contributed by atoms with Gasteiger partial charge in [0.25, 0.3) is 0 Å². The number of pyridine rings is 1. The van der Waals surface area contributed by atoms with Crippen molar-refractivity contribution in [2.75, 3.05) is 7.11 Å². The second kappa shape index (κ2) is 5.53. The molecule has 1 aromatic carbocycles. The lowest BCUT2D eigenvalue weighted by atomic mass is 10.2. The van der Waals surface area contributed by atoms with Crippen molar-refractivity contribution in [2.24, 2.45) is 0 Å². The van der Waals surface area contributed by atoms with E-state index in [1.165, 1.54) is 35.8 Å². The number of halogens is 1. The molecule has 0 spiro atoms. The molecule has 0 saturated heterocycles. The Morgan fingerprint density at radius 1 is 1.26 bits per heavy atom. The number of hydrogen-bond acceptors (Lipinski definition) is 4. The number of esters is 1. The number of aromatic carboxylic acids is 1. The van der Waals surface area contributed by atoms with Crippen LogP contribution in [0.15, 0.2) is 42.6 Å². The van der Waals surface area contributed by atoms with Gasteiger partial charge in [-0.1, -0.05) is 12.1 Å². The minimum atomic E-state index is -1.29. The smallest absolute Gasteiger partial charge is 0.356 e. The zero-order valence-electron chi connectivity index (χ0n) is 12.0. The lowest BCUT2D eigenvalue weighted by Crippen LogP contribution is -2.06. The maximum Gasteiger partial charge on any atom is 0.356 e. The quantitative estimate of drug-likeness (QED) is 0.752. The minimum absolute atomic E-state index is 0.0718. The van der Waals surface area contributed by atoms with E-state index >= 15 is 0 Å². The van der Waals surface area contributed by atoms with Gasteiger partial charge < -0.3 is 9.84 Å². The molecule has 0 radical (unpaired) electrons. The molecule has 7 heteroatoms. The van der Waals surface area contributed by atoms with Crippen molar-refractivity contribution in [3.8, 4) is 11.4 Å². The van der Waals surface area contributed by atoms with Crippen LogP contribution in [0.3, 0.4) is 0 Å². The predicted octanol–water partition coefficient (Wildman–Crippen LogP) is 2.63. The van der Waals surface area contributed by atoms with Crippen LogP contribution in [-0.4, -0.2) is 33.5 Å². The molecule has 0 aliphatic carbocycles. The number of fused-ring (bicyclic) bond motifs is 1. The number of carbonyl (C=O) groups excluding carboxylic acids is 1. The van der Waals surface area contributed by atoms with Gasteiger partial charge in [0.05, 0.1) is 18.2 Å². The van der Waals surface area contributed by atoms with Gasteiger partial charge in [0.2, 0.25) is 0 Å². The largest absolute Gasteiger partial charge is 0.476 e. The van der Waals surface area contributed by atoms with Gasteiger partial charge in [-0.05, 0) is 24.3 Å². The Balaban J connectivity index is 2.38. The molecule has 2 heterocycles. The van der Waals surface area contributed by atoms with Crippen LogP contribution >= 0.6 is 0 Å². The van der Waals surface area contributed by atoms with Crippen molar-refractivity contribution >= 4 is 17.5 Å². The fraction of sp³-hybridized carbons (Fsp3) is 0.0625. The Labute approximate surface area is 129 Å². The normalized spacial score (nSPS) is 10.7. The monoisotopic (exact) mass is 314 g/mol. The summed E-state index contributed by atoms with van der Waals surface area (Å²) in [6.07, 6.45) is 1.56. The summed E-state index contributed by atoms with van der Waals surface area (Å²) >= 11 is 0. The second-order valence-corrected chi connectivity index (χ2v) is 4.73. The second-order valence-electron chi connectivity index (χ2n) is 4.73.